The summed E-state index contributed by atoms with van der Waals surface area (Å²) in [6, 6.07) is 41.7. The zero-order valence-corrected chi connectivity index (χ0v) is 30.8. The van der Waals surface area contributed by atoms with E-state index in [0.29, 0.717) is 17.5 Å². The Morgan fingerprint density at radius 3 is 0.898 bits per heavy atom. The minimum Gasteiger partial charge on any atom is -0.208 e. The van der Waals surface area contributed by atoms with Crippen molar-refractivity contribution in [1.82, 2.24) is 15.0 Å². The molecule has 0 atom stereocenters. The van der Waals surface area contributed by atoms with Gasteiger partial charge in [0.2, 0.25) is 0 Å². The van der Waals surface area contributed by atoms with Crippen LogP contribution >= 0.6 is 0 Å². The molecule has 3 nitrogen and oxygen atoms in total. The van der Waals surface area contributed by atoms with Gasteiger partial charge in [-0.1, -0.05) is 165 Å². The minimum absolute atomic E-state index is 0.0584. The van der Waals surface area contributed by atoms with Crippen LogP contribution in [-0.4, -0.2) is 15.0 Å². The van der Waals surface area contributed by atoms with Crippen molar-refractivity contribution in [2.75, 3.05) is 0 Å². The van der Waals surface area contributed by atoms with E-state index in [2.05, 4.69) is 184 Å². The fourth-order valence-electron chi connectivity index (χ4n) is 6.00. The van der Waals surface area contributed by atoms with Crippen LogP contribution in [0.1, 0.15) is 84.6 Å². The molecule has 49 heavy (non-hydrogen) atoms. The van der Waals surface area contributed by atoms with E-state index in [1.807, 2.05) is 0 Å². The van der Waals surface area contributed by atoms with Crippen LogP contribution in [0.2, 0.25) is 0 Å². The SMILES string of the molecule is Cc1ccc(-c2nc(-c3ccc(C(C)(C)C)cc3)nc(-c3cc(-c4ccc(C(C)(C)C)cc4)cc(-c4ccc(C(C)(C)C)cc4)c3)n2)cc1. The van der Waals surface area contributed by atoms with E-state index in [9.17, 15) is 0 Å². The third-order valence-electron chi connectivity index (χ3n) is 9.31. The van der Waals surface area contributed by atoms with E-state index in [1.165, 1.54) is 22.3 Å². The normalized spacial score (nSPS) is 12.3. The summed E-state index contributed by atoms with van der Waals surface area (Å²) in [5, 5.41) is 0. The van der Waals surface area contributed by atoms with Crippen molar-refractivity contribution in [1.29, 1.82) is 0 Å². The topological polar surface area (TPSA) is 38.7 Å². The van der Waals surface area contributed by atoms with Gasteiger partial charge in [-0.25, -0.2) is 15.0 Å². The Morgan fingerprint density at radius 1 is 0.306 bits per heavy atom. The number of aryl methyl sites for hydroxylation is 1. The number of nitrogens with zero attached hydrogens (tertiary/aromatic N) is 3. The highest BCUT2D eigenvalue weighted by molar-refractivity contribution is 5.80. The van der Waals surface area contributed by atoms with Crippen LogP contribution in [0, 0.1) is 6.92 Å². The lowest BCUT2D eigenvalue weighted by atomic mass is 9.85. The zero-order chi connectivity index (χ0) is 35.1. The molecule has 0 radical (unpaired) electrons. The molecule has 6 aromatic rings. The van der Waals surface area contributed by atoms with Crippen molar-refractivity contribution in [3.63, 3.8) is 0 Å². The number of rotatable bonds is 5. The molecule has 0 spiro atoms. The first-order valence-corrected chi connectivity index (χ1v) is 17.4. The molecule has 0 saturated heterocycles. The van der Waals surface area contributed by atoms with Crippen molar-refractivity contribution in [2.24, 2.45) is 0 Å². The average molecular weight is 644 g/mol. The molecule has 0 amide bonds. The van der Waals surface area contributed by atoms with Gasteiger partial charge in [0.1, 0.15) is 0 Å². The molecule has 0 N–H and O–H groups in total. The van der Waals surface area contributed by atoms with Crippen molar-refractivity contribution in [3.8, 4) is 56.4 Å². The molecule has 0 aliphatic rings. The second-order valence-corrected chi connectivity index (χ2v) is 16.5. The van der Waals surface area contributed by atoms with Gasteiger partial charge in [-0.15, -0.1) is 0 Å². The van der Waals surface area contributed by atoms with Crippen molar-refractivity contribution < 1.29 is 0 Å². The highest BCUT2D eigenvalue weighted by Gasteiger charge is 2.19. The first-order valence-electron chi connectivity index (χ1n) is 17.4. The Hall–Kier alpha value is -4.89. The molecule has 1 aromatic heterocycles. The van der Waals surface area contributed by atoms with E-state index in [1.54, 1.807) is 0 Å². The first kappa shape index (κ1) is 34.0. The lowest BCUT2D eigenvalue weighted by Crippen LogP contribution is -2.10. The van der Waals surface area contributed by atoms with Gasteiger partial charge < -0.3 is 0 Å². The van der Waals surface area contributed by atoms with Crippen molar-refractivity contribution in [3.05, 3.63) is 138 Å². The van der Waals surface area contributed by atoms with E-state index in [4.69, 9.17) is 15.0 Å². The third-order valence-corrected chi connectivity index (χ3v) is 9.31. The Balaban J connectivity index is 1.55. The summed E-state index contributed by atoms with van der Waals surface area (Å²) in [7, 11) is 0. The molecular formula is C46H49N3. The second kappa shape index (κ2) is 12.9. The summed E-state index contributed by atoms with van der Waals surface area (Å²) in [5.74, 6) is 1.98. The van der Waals surface area contributed by atoms with Crippen LogP contribution in [0.3, 0.4) is 0 Å². The van der Waals surface area contributed by atoms with Crippen LogP contribution < -0.4 is 0 Å². The molecule has 0 aliphatic heterocycles. The lowest BCUT2D eigenvalue weighted by molar-refractivity contribution is 0.590. The summed E-state index contributed by atoms with van der Waals surface area (Å²) in [6.07, 6.45) is 0. The maximum Gasteiger partial charge on any atom is 0.164 e. The third kappa shape index (κ3) is 7.73. The summed E-state index contributed by atoms with van der Waals surface area (Å²) >= 11 is 0. The number of hydrogen-bond donors (Lipinski definition) is 0. The fourth-order valence-corrected chi connectivity index (χ4v) is 6.00. The monoisotopic (exact) mass is 643 g/mol. The van der Waals surface area contributed by atoms with Crippen LogP contribution in [0.4, 0.5) is 0 Å². The Morgan fingerprint density at radius 2 is 0.571 bits per heavy atom. The Kier molecular flexibility index (Phi) is 8.92. The lowest BCUT2D eigenvalue weighted by Gasteiger charge is -2.20. The van der Waals surface area contributed by atoms with E-state index < -0.39 is 0 Å². The van der Waals surface area contributed by atoms with Gasteiger partial charge in [-0.2, -0.15) is 0 Å². The van der Waals surface area contributed by atoms with Crippen LogP contribution in [-0.2, 0) is 16.2 Å². The molecule has 0 bridgehead atoms. The number of benzene rings is 5. The van der Waals surface area contributed by atoms with Crippen molar-refractivity contribution >= 4 is 0 Å². The summed E-state index contributed by atoms with van der Waals surface area (Å²) < 4.78 is 0. The van der Waals surface area contributed by atoms with Gasteiger partial charge >= 0.3 is 0 Å². The molecule has 248 valence electrons. The second-order valence-electron chi connectivity index (χ2n) is 16.5. The van der Waals surface area contributed by atoms with Gasteiger partial charge in [-0.3, -0.25) is 0 Å². The predicted molar refractivity (Wildman–Crippen MR) is 208 cm³/mol. The molecule has 3 heteroatoms. The first-order chi connectivity index (χ1) is 23.0. The molecule has 6 rings (SSSR count). The molecule has 5 aromatic carbocycles. The quantitative estimate of drug-likeness (QED) is 0.188. The summed E-state index contributed by atoms with van der Waals surface area (Å²) in [5.41, 5.74) is 12.8. The van der Waals surface area contributed by atoms with Crippen LogP contribution in [0.25, 0.3) is 56.4 Å². The minimum atomic E-state index is 0.0584. The highest BCUT2D eigenvalue weighted by atomic mass is 15.0. The maximum absolute atomic E-state index is 5.15. The van der Waals surface area contributed by atoms with E-state index in [-0.39, 0.29) is 16.2 Å². The predicted octanol–water partition coefficient (Wildman–Crippen LogP) is 12.4. The molecule has 0 aliphatic carbocycles. The fraction of sp³-hybridized carbons (Fsp3) is 0.283. The molecule has 0 saturated carbocycles. The molecular weight excluding hydrogens is 595 g/mol. The average Bonchev–Trinajstić information content (AvgIpc) is 3.07. The van der Waals surface area contributed by atoms with Crippen LogP contribution in [0.15, 0.2) is 115 Å². The van der Waals surface area contributed by atoms with Crippen molar-refractivity contribution in [2.45, 2.75) is 85.5 Å². The molecule has 0 unspecified atom stereocenters. The van der Waals surface area contributed by atoms with Gasteiger partial charge in [0.05, 0.1) is 0 Å². The number of aromatic nitrogens is 3. The summed E-state index contributed by atoms with van der Waals surface area (Å²) in [4.78, 5) is 15.3. The van der Waals surface area contributed by atoms with Gasteiger partial charge in [0.15, 0.2) is 17.5 Å². The maximum atomic E-state index is 5.15. The Bertz CT molecular complexity index is 1990. The van der Waals surface area contributed by atoms with Gasteiger partial charge in [0.25, 0.3) is 0 Å². The van der Waals surface area contributed by atoms with Crippen LogP contribution in [0.5, 0.6) is 0 Å². The largest absolute Gasteiger partial charge is 0.208 e. The number of hydrogen-bond acceptors (Lipinski definition) is 3. The summed E-state index contributed by atoms with van der Waals surface area (Å²) in [6.45, 7) is 22.3. The Labute approximate surface area is 293 Å². The zero-order valence-electron chi connectivity index (χ0n) is 30.8. The molecule has 1 heterocycles. The van der Waals surface area contributed by atoms with Gasteiger partial charge in [0, 0.05) is 16.7 Å². The van der Waals surface area contributed by atoms with E-state index in [0.717, 1.165) is 38.9 Å². The molecule has 0 fully saturated rings. The van der Waals surface area contributed by atoms with Gasteiger partial charge in [-0.05, 0) is 80.3 Å². The standard InChI is InChI=1S/C46H49N3/c1-30-11-13-33(14-12-30)41-47-42(34-19-25-40(26-20-34)46(8,9)10)49-43(48-41)37-28-35(31-15-21-38(22-16-31)44(2,3)4)27-36(29-37)32-17-23-39(24-18-32)45(5,6)7/h11-29H,1-10H3. The smallest absolute Gasteiger partial charge is 0.164 e. The van der Waals surface area contributed by atoms with E-state index >= 15 is 0 Å². The highest BCUT2D eigenvalue weighted by Crippen LogP contribution is 2.35.